The molecule has 0 spiro atoms. The smallest absolute Gasteiger partial charge is 0.328 e. The zero-order valence-corrected chi connectivity index (χ0v) is 9.03. The Kier molecular flexibility index (Phi) is 4.35. The van der Waals surface area contributed by atoms with Crippen LogP contribution in [-0.4, -0.2) is 31.7 Å². The number of rotatable bonds is 3. The van der Waals surface area contributed by atoms with Gasteiger partial charge in [-0.25, -0.2) is 0 Å². The van der Waals surface area contributed by atoms with Crippen LogP contribution in [0.15, 0.2) is 0 Å². The average molecular weight is 200 g/mol. The summed E-state index contributed by atoms with van der Waals surface area (Å²) in [7, 11) is 3.45. The first-order chi connectivity index (χ1) is 6.63. The zero-order valence-electron chi connectivity index (χ0n) is 9.03. The zero-order chi connectivity index (χ0) is 10.6. The summed E-state index contributed by atoms with van der Waals surface area (Å²) < 4.78 is 0. The molecule has 0 heterocycles. The van der Waals surface area contributed by atoms with E-state index in [1.165, 1.54) is 5.06 Å². The molecular formula is C10H20N2O2. The van der Waals surface area contributed by atoms with Crippen LogP contribution in [-0.2, 0) is 9.63 Å². The molecule has 1 rings (SSSR count). The van der Waals surface area contributed by atoms with Gasteiger partial charge in [0.15, 0.2) is 0 Å². The van der Waals surface area contributed by atoms with Crippen LogP contribution < -0.4 is 5.73 Å². The van der Waals surface area contributed by atoms with E-state index in [-0.39, 0.29) is 11.9 Å². The topological polar surface area (TPSA) is 55.6 Å². The lowest BCUT2D eigenvalue weighted by molar-refractivity contribution is -0.185. The van der Waals surface area contributed by atoms with Gasteiger partial charge in [-0.3, -0.25) is 4.79 Å². The van der Waals surface area contributed by atoms with Crippen molar-refractivity contribution in [1.29, 1.82) is 0 Å². The fourth-order valence-electron chi connectivity index (χ4n) is 1.89. The number of carbonyl (C=O) groups excluding carboxylic acids is 1. The van der Waals surface area contributed by atoms with Crippen LogP contribution in [0.5, 0.6) is 0 Å². The molecule has 0 aromatic rings. The fraction of sp³-hybridized carbons (Fsp3) is 0.900. The highest BCUT2D eigenvalue weighted by atomic mass is 16.7. The van der Waals surface area contributed by atoms with E-state index in [1.54, 1.807) is 14.1 Å². The Morgan fingerprint density at radius 2 is 1.93 bits per heavy atom. The van der Waals surface area contributed by atoms with E-state index in [0.717, 1.165) is 32.2 Å². The first kappa shape index (κ1) is 11.5. The summed E-state index contributed by atoms with van der Waals surface area (Å²) in [5.41, 5.74) is 5.58. The molecule has 82 valence electrons. The molecule has 0 aromatic heterocycles. The van der Waals surface area contributed by atoms with Gasteiger partial charge in [-0.1, -0.05) is 0 Å². The van der Waals surface area contributed by atoms with Gasteiger partial charge < -0.3 is 10.6 Å². The van der Waals surface area contributed by atoms with Crippen LogP contribution >= 0.6 is 0 Å². The number of hydrogen-bond donors (Lipinski definition) is 1. The SMILES string of the molecule is CN(C)OC(=O)C1CCC(CN)CC1. The van der Waals surface area contributed by atoms with E-state index in [4.69, 9.17) is 10.6 Å². The van der Waals surface area contributed by atoms with Crippen LogP contribution in [0.2, 0.25) is 0 Å². The molecule has 0 saturated heterocycles. The van der Waals surface area contributed by atoms with Gasteiger partial charge in [0.1, 0.15) is 0 Å². The number of nitrogens with two attached hydrogens (primary N) is 1. The molecule has 1 aliphatic rings. The summed E-state index contributed by atoms with van der Waals surface area (Å²) in [5, 5.41) is 1.46. The minimum atomic E-state index is -0.0922. The van der Waals surface area contributed by atoms with Gasteiger partial charge in [-0.05, 0) is 38.1 Å². The van der Waals surface area contributed by atoms with Crippen molar-refractivity contribution in [3.05, 3.63) is 0 Å². The van der Waals surface area contributed by atoms with Gasteiger partial charge in [0.05, 0.1) is 5.92 Å². The van der Waals surface area contributed by atoms with E-state index in [2.05, 4.69) is 0 Å². The molecule has 0 bridgehead atoms. The predicted octanol–water partition coefficient (Wildman–Crippen LogP) is 0.771. The van der Waals surface area contributed by atoms with E-state index >= 15 is 0 Å². The second-order valence-electron chi connectivity index (χ2n) is 4.18. The second kappa shape index (κ2) is 5.32. The monoisotopic (exact) mass is 200 g/mol. The Morgan fingerprint density at radius 1 is 1.36 bits per heavy atom. The van der Waals surface area contributed by atoms with Crippen LogP contribution in [0, 0.1) is 11.8 Å². The summed E-state index contributed by atoms with van der Waals surface area (Å²) in [5.74, 6) is 0.601. The number of carbonyl (C=O) groups is 1. The van der Waals surface area contributed by atoms with E-state index in [1.807, 2.05) is 0 Å². The molecule has 0 atom stereocenters. The Morgan fingerprint density at radius 3 is 2.36 bits per heavy atom. The van der Waals surface area contributed by atoms with Gasteiger partial charge in [-0.2, -0.15) is 0 Å². The van der Waals surface area contributed by atoms with Gasteiger partial charge in [0.25, 0.3) is 0 Å². The van der Waals surface area contributed by atoms with E-state index in [0.29, 0.717) is 5.92 Å². The van der Waals surface area contributed by atoms with Gasteiger partial charge in [-0.15, -0.1) is 5.06 Å². The van der Waals surface area contributed by atoms with Crippen LogP contribution in [0.4, 0.5) is 0 Å². The lowest BCUT2D eigenvalue weighted by Crippen LogP contribution is -2.30. The molecule has 0 amide bonds. The van der Waals surface area contributed by atoms with Crippen LogP contribution in [0.1, 0.15) is 25.7 Å². The van der Waals surface area contributed by atoms with Crippen LogP contribution in [0.3, 0.4) is 0 Å². The highest BCUT2D eigenvalue weighted by molar-refractivity contribution is 5.72. The highest BCUT2D eigenvalue weighted by Gasteiger charge is 2.27. The quantitative estimate of drug-likeness (QED) is 0.684. The van der Waals surface area contributed by atoms with E-state index < -0.39 is 0 Å². The highest BCUT2D eigenvalue weighted by Crippen LogP contribution is 2.28. The summed E-state index contributed by atoms with van der Waals surface area (Å²) in [4.78, 5) is 16.5. The molecule has 4 heteroatoms. The van der Waals surface area contributed by atoms with Crippen molar-refractivity contribution < 1.29 is 9.63 Å². The first-order valence-electron chi connectivity index (χ1n) is 5.22. The summed E-state index contributed by atoms with van der Waals surface area (Å²) in [6.07, 6.45) is 3.97. The van der Waals surface area contributed by atoms with Crippen molar-refractivity contribution in [3.63, 3.8) is 0 Å². The third-order valence-electron chi connectivity index (χ3n) is 2.79. The largest absolute Gasteiger partial charge is 0.368 e. The summed E-state index contributed by atoms with van der Waals surface area (Å²) in [6, 6.07) is 0. The lowest BCUT2D eigenvalue weighted by Gasteiger charge is -2.26. The first-order valence-corrected chi connectivity index (χ1v) is 5.22. The summed E-state index contributed by atoms with van der Waals surface area (Å²) in [6.45, 7) is 0.745. The van der Waals surface area contributed by atoms with Gasteiger partial charge in [0, 0.05) is 14.1 Å². The lowest BCUT2D eigenvalue weighted by atomic mass is 9.82. The Labute approximate surface area is 85.3 Å². The minimum Gasteiger partial charge on any atom is -0.368 e. The number of hydroxylamine groups is 2. The van der Waals surface area contributed by atoms with Crippen molar-refractivity contribution in [2.45, 2.75) is 25.7 Å². The Balaban J connectivity index is 2.30. The number of nitrogens with zero attached hydrogens (tertiary/aromatic N) is 1. The maximum absolute atomic E-state index is 11.5. The summed E-state index contributed by atoms with van der Waals surface area (Å²) >= 11 is 0. The molecule has 2 N–H and O–H groups in total. The molecular weight excluding hydrogens is 180 g/mol. The third-order valence-corrected chi connectivity index (χ3v) is 2.79. The molecule has 1 saturated carbocycles. The maximum Gasteiger partial charge on any atom is 0.328 e. The van der Waals surface area contributed by atoms with E-state index in [9.17, 15) is 4.79 Å². The molecule has 0 aromatic carbocycles. The van der Waals surface area contributed by atoms with Crippen molar-refractivity contribution in [2.75, 3.05) is 20.6 Å². The number of hydrogen-bond acceptors (Lipinski definition) is 4. The minimum absolute atomic E-state index is 0.0835. The van der Waals surface area contributed by atoms with Gasteiger partial charge in [0.2, 0.25) is 0 Å². The Hall–Kier alpha value is -0.610. The van der Waals surface area contributed by atoms with Crippen molar-refractivity contribution in [1.82, 2.24) is 5.06 Å². The fourth-order valence-corrected chi connectivity index (χ4v) is 1.89. The maximum atomic E-state index is 11.5. The van der Waals surface area contributed by atoms with Crippen molar-refractivity contribution in [3.8, 4) is 0 Å². The molecule has 1 fully saturated rings. The molecule has 0 aliphatic heterocycles. The standard InChI is InChI=1S/C10H20N2O2/c1-12(2)14-10(13)9-5-3-8(7-11)4-6-9/h8-9H,3-7,11H2,1-2H3. The molecule has 4 nitrogen and oxygen atoms in total. The molecule has 0 unspecified atom stereocenters. The average Bonchev–Trinajstić information content (AvgIpc) is 2.17. The molecule has 14 heavy (non-hydrogen) atoms. The Bertz CT molecular complexity index is 187. The predicted molar refractivity (Wildman–Crippen MR) is 54.3 cm³/mol. The van der Waals surface area contributed by atoms with Crippen molar-refractivity contribution in [2.24, 2.45) is 17.6 Å². The second-order valence-corrected chi connectivity index (χ2v) is 4.18. The van der Waals surface area contributed by atoms with Crippen molar-refractivity contribution >= 4 is 5.97 Å². The third kappa shape index (κ3) is 3.27. The molecule has 0 radical (unpaired) electrons. The molecule has 1 aliphatic carbocycles. The normalized spacial score (nSPS) is 27.7. The van der Waals surface area contributed by atoms with Crippen LogP contribution in [0.25, 0.3) is 0 Å². The van der Waals surface area contributed by atoms with Gasteiger partial charge >= 0.3 is 5.97 Å².